The highest BCUT2D eigenvalue weighted by Crippen LogP contribution is 2.24. The molecule has 5 heteroatoms. The van der Waals surface area contributed by atoms with E-state index in [0.29, 0.717) is 12.1 Å². The molecule has 0 spiro atoms. The van der Waals surface area contributed by atoms with Crippen LogP contribution in [-0.4, -0.2) is 24.9 Å². The minimum Gasteiger partial charge on any atom is -0.380 e. The summed E-state index contributed by atoms with van der Waals surface area (Å²) in [4.78, 5) is 14.9. The van der Waals surface area contributed by atoms with Crippen LogP contribution in [-0.2, 0) is 6.54 Å². The summed E-state index contributed by atoms with van der Waals surface area (Å²) < 4.78 is 1.11. The summed E-state index contributed by atoms with van der Waals surface area (Å²) in [5, 5.41) is 3.32. The number of nitrogens with one attached hydrogen (secondary N) is 1. The Bertz CT molecular complexity index is 580. The van der Waals surface area contributed by atoms with Crippen molar-refractivity contribution in [2.24, 2.45) is 0 Å². The largest absolute Gasteiger partial charge is 0.380 e. The van der Waals surface area contributed by atoms with Crippen LogP contribution in [0, 0.1) is 0 Å². The number of hydrogen-bond donors (Lipinski definition) is 1. The molecule has 1 aromatic carbocycles. The van der Waals surface area contributed by atoms with Gasteiger partial charge in [-0.1, -0.05) is 12.1 Å². The molecule has 3 nitrogen and oxygen atoms in total. The van der Waals surface area contributed by atoms with Gasteiger partial charge >= 0.3 is 0 Å². The first-order valence-electron chi connectivity index (χ1n) is 5.86. The van der Waals surface area contributed by atoms with Crippen molar-refractivity contribution in [2.45, 2.75) is 6.54 Å². The van der Waals surface area contributed by atoms with Gasteiger partial charge in [0.15, 0.2) is 0 Å². The zero-order valence-corrected chi connectivity index (χ0v) is 13.2. The third kappa shape index (κ3) is 3.58. The zero-order valence-electron chi connectivity index (χ0n) is 10.8. The number of carbonyl (C=O) groups is 1. The topological polar surface area (TPSA) is 32.3 Å². The third-order valence-electron chi connectivity index (χ3n) is 2.65. The SMILES string of the molecule is CN(C)C(=O)c1ccccc1NCc1ccc(Br)s1. The summed E-state index contributed by atoms with van der Waals surface area (Å²) in [6.07, 6.45) is 0. The van der Waals surface area contributed by atoms with E-state index in [0.717, 1.165) is 9.47 Å². The Labute approximate surface area is 125 Å². The molecule has 0 aliphatic rings. The van der Waals surface area contributed by atoms with Crippen LogP contribution in [0.4, 0.5) is 5.69 Å². The molecular weight excluding hydrogens is 324 g/mol. The number of halogens is 1. The Balaban J connectivity index is 2.14. The number of carbonyl (C=O) groups excluding carboxylic acids is 1. The van der Waals surface area contributed by atoms with E-state index in [1.165, 1.54) is 4.88 Å². The summed E-state index contributed by atoms with van der Waals surface area (Å²) in [6.45, 7) is 0.716. The van der Waals surface area contributed by atoms with Crippen molar-refractivity contribution in [1.29, 1.82) is 0 Å². The Morgan fingerprint density at radius 2 is 2.00 bits per heavy atom. The van der Waals surface area contributed by atoms with Crippen molar-refractivity contribution < 1.29 is 4.79 Å². The summed E-state index contributed by atoms with van der Waals surface area (Å²) in [5.74, 6) is 0.00969. The van der Waals surface area contributed by atoms with Gasteiger partial charge in [-0.25, -0.2) is 0 Å². The van der Waals surface area contributed by atoms with Crippen molar-refractivity contribution in [3.05, 3.63) is 50.6 Å². The third-order valence-corrected chi connectivity index (χ3v) is 4.27. The molecule has 1 aromatic heterocycles. The molecule has 2 aromatic rings. The van der Waals surface area contributed by atoms with Gasteiger partial charge in [-0.3, -0.25) is 4.79 Å². The Morgan fingerprint density at radius 3 is 2.63 bits per heavy atom. The van der Waals surface area contributed by atoms with E-state index in [1.807, 2.05) is 30.3 Å². The predicted octanol–water partition coefficient (Wildman–Crippen LogP) is 3.82. The zero-order chi connectivity index (χ0) is 13.8. The van der Waals surface area contributed by atoms with Crippen LogP contribution in [0.15, 0.2) is 40.2 Å². The number of para-hydroxylation sites is 1. The quantitative estimate of drug-likeness (QED) is 0.918. The van der Waals surface area contributed by atoms with Gasteiger partial charge in [-0.05, 0) is 40.2 Å². The number of benzene rings is 1. The van der Waals surface area contributed by atoms with Crippen LogP contribution in [0.2, 0.25) is 0 Å². The fourth-order valence-electron chi connectivity index (χ4n) is 1.69. The molecule has 19 heavy (non-hydrogen) atoms. The number of amides is 1. The van der Waals surface area contributed by atoms with Crippen LogP contribution in [0.1, 0.15) is 15.2 Å². The first kappa shape index (κ1) is 14.1. The number of nitrogens with zero attached hydrogens (tertiary/aromatic N) is 1. The second kappa shape index (κ2) is 6.21. The molecule has 0 fully saturated rings. The van der Waals surface area contributed by atoms with E-state index in [-0.39, 0.29) is 5.91 Å². The molecule has 100 valence electrons. The van der Waals surface area contributed by atoms with Crippen molar-refractivity contribution in [3.63, 3.8) is 0 Å². The first-order chi connectivity index (χ1) is 9.08. The standard InChI is InChI=1S/C14H15BrN2OS/c1-17(2)14(18)11-5-3-4-6-12(11)16-9-10-7-8-13(15)19-10/h3-8,16H,9H2,1-2H3. The van der Waals surface area contributed by atoms with Crippen LogP contribution in [0.25, 0.3) is 0 Å². The molecule has 1 heterocycles. The highest BCUT2D eigenvalue weighted by molar-refractivity contribution is 9.11. The van der Waals surface area contributed by atoms with E-state index >= 15 is 0 Å². The molecule has 1 amide bonds. The minimum absolute atomic E-state index is 0.00969. The molecule has 0 saturated carbocycles. The number of anilines is 1. The molecule has 0 atom stereocenters. The maximum absolute atomic E-state index is 12.1. The summed E-state index contributed by atoms with van der Waals surface area (Å²) in [6, 6.07) is 11.7. The number of hydrogen-bond acceptors (Lipinski definition) is 3. The second-order valence-corrected chi connectivity index (χ2v) is 6.85. The molecule has 0 aliphatic carbocycles. The van der Waals surface area contributed by atoms with E-state index in [4.69, 9.17) is 0 Å². The summed E-state index contributed by atoms with van der Waals surface area (Å²) in [7, 11) is 3.52. The molecule has 0 radical (unpaired) electrons. The Morgan fingerprint density at radius 1 is 1.26 bits per heavy atom. The van der Waals surface area contributed by atoms with E-state index in [2.05, 4.69) is 27.3 Å². The van der Waals surface area contributed by atoms with Gasteiger partial charge in [0.25, 0.3) is 5.91 Å². The van der Waals surface area contributed by atoms with Gasteiger partial charge in [0.2, 0.25) is 0 Å². The van der Waals surface area contributed by atoms with E-state index in [1.54, 1.807) is 30.3 Å². The van der Waals surface area contributed by atoms with Gasteiger partial charge in [0.1, 0.15) is 0 Å². The maximum Gasteiger partial charge on any atom is 0.255 e. The normalized spacial score (nSPS) is 10.3. The fourth-order valence-corrected chi connectivity index (χ4v) is 3.12. The lowest BCUT2D eigenvalue weighted by molar-refractivity contribution is 0.0828. The molecule has 0 bridgehead atoms. The van der Waals surface area contributed by atoms with Gasteiger partial charge in [-0.15, -0.1) is 11.3 Å². The van der Waals surface area contributed by atoms with Crippen LogP contribution in [0.3, 0.4) is 0 Å². The lowest BCUT2D eigenvalue weighted by atomic mass is 10.1. The average molecular weight is 339 g/mol. The molecular formula is C14H15BrN2OS. The van der Waals surface area contributed by atoms with Crippen LogP contribution < -0.4 is 5.32 Å². The fraction of sp³-hybridized carbons (Fsp3) is 0.214. The monoisotopic (exact) mass is 338 g/mol. The molecule has 2 rings (SSSR count). The van der Waals surface area contributed by atoms with Crippen molar-refractivity contribution in [3.8, 4) is 0 Å². The minimum atomic E-state index is 0.00969. The Hall–Kier alpha value is -1.33. The molecule has 1 N–H and O–H groups in total. The van der Waals surface area contributed by atoms with E-state index in [9.17, 15) is 4.79 Å². The predicted molar refractivity (Wildman–Crippen MR) is 83.8 cm³/mol. The van der Waals surface area contributed by atoms with E-state index < -0.39 is 0 Å². The van der Waals surface area contributed by atoms with Crippen LogP contribution >= 0.6 is 27.3 Å². The van der Waals surface area contributed by atoms with Crippen molar-refractivity contribution in [2.75, 3.05) is 19.4 Å². The molecule has 0 saturated heterocycles. The van der Waals surface area contributed by atoms with Crippen molar-refractivity contribution in [1.82, 2.24) is 4.90 Å². The Kier molecular flexibility index (Phi) is 4.61. The van der Waals surface area contributed by atoms with Gasteiger partial charge in [-0.2, -0.15) is 0 Å². The first-order valence-corrected chi connectivity index (χ1v) is 7.47. The number of thiophene rings is 1. The maximum atomic E-state index is 12.1. The van der Waals surface area contributed by atoms with Gasteiger partial charge in [0.05, 0.1) is 9.35 Å². The average Bonchev–Trinajstić information content (AvgIpc) is 2.81. The smallest absolute Gasteiger partial charge is 0.255 e. The lowest BCUT2D eigenvalue weighted by Gasteiger charge is -2.14. The summed E-state index contributed by atoms with van der Waals surface area (Å²) in [5.41, 5.74) is 1.56. The van der Waals surface area contributed by atoms with Gasteiger partial charge < -0.3 is 10.2 Å². The van der Waals surface area contributed by atoms with Gasteiger partial charge in [0, 0.05) is 31.2 Å². The highest BCUT2D eigenvalue weighted by Gasteiger charge is 2.12. The summed E-state index contributed by atoms with van der Waals surface area (Å²) >= 11 is 5.13. The van der Waals surface area contributed by atoms with Crippen molar-refractivity contribution >= 4 is 38.9 Å². The molecule has 0 aliphatic heterocycles. The second-order valence-electron chi connectivity index (χ2n) is 4.30. The number of rotatable bonds is 4. The molecule has 0 unspecified atom stereocenters. The lowest BCUT2D eigenvalue weighted by Crippen LogP contribution is -2.22. The highest BCUT2D eigenvalue weighted by atomic mass is 79.9. The van der Waals surface area contributed by atoms with Crippen LogP contribution in [0.5, 0.6) is 0 Å².